The van der Waals surface area contributed by atoms with E-state index in [1.54, 1.807) is 0 Å². The molecule has 6 N–H and O–H groups in total. The van der Waals surface area contributed by atoms with Crippen molar-refractivity contribution in [3.05, 3.63) is 29.6 Å². The van der Waals surface area contributed by atoms with Gasteiger partial charge in [0.2, 0.25) is 0 Å². The minimum absolute atomic E-state index is 0. The van der Waals surface area contributed by atoms with E-state index in [-0.39, 0.29) is 37.5 Å². The van der Waals surface area contributed by atoms with Gasteiger partial charge < -0.3 is 36.2 Å². The van der Waals surface area contributed by atoms with Crippen LogP contribution in [0.25, 0.3) is 0 Å². The Hall–Kier alpha value is -1.34. The molecule has 0 saturated heterocycles. The average molecular weight is 414 g/mol. The molecule has 16 heavy (non-hydrogen) atoms. The van der Waals surface area contributed by atoms with Crippen LogP contribution in [-0.4, -0.2) is 33.4 Å². The Morgan fingerprint density at radius 3 is 1.88 bits per heavy atom. The average Bonchev–Trinajstić information content (AvgIpc) is 2.04. The van der Waals surface area contributed by atoms with Crippen molar-refractivity contribution < 1.29 is 57.3 Å². The van der Waals surface area contributed by atoms with Crippen molar-refractivity contribution in [3.8, 4) is 0 Å². The van der Waals surface area contributed by atoms with Gasteiger partial charge in [0.1, 0.15) is 0 Å². The molecule has 0 fully saturated rings. The third kappa shape index (κ3) is 5.52. The topological polar surface area (TPSA) is 188 Å². The fourth-order valence-electron chi connectivity index (χ4n) is 0.733. The van der Waals surface area contributed by atoms with Gasteiger partial charge >= 0.3 is 21.1 Å². The Labute approximate surface area is 104 Å². The van der Waals surface area contributed by atoms with Crippen molar-refractivity contribution in [3.63, 3.8) is 0 Å². The Bertz CT molecular complexity index is 310. The van der Waals surface area contributed by atoms with Crippen LogP contribution in [0.1, 0.15) is 20.8 Å². The Morgan fingerprint density at radius 1 is 1.06 bits per heavy atom. The van der Waals surface area contributed by atoms with Gasteiger partial charge in [0.15, 0.2) is 0 Å². The zero-order valence-corrected chi connectivity index (χ0v) is 9.90. The van der Waals surface area contributed by atoms with E-state index in [0.717, 1.165) is 12.3 Å². The number of carbonyl (C=O) groups is 2. The Morgan fingerprint density at radius 2 is 1.56 bits per heavy atom. The fraction of sp³-hybridized carbons (Fsp3) is 0. The Kier molecular flexibility index (Phi) is 15.3. The predicted octanol–water partition coefficient (Wildman–Crippen LogP) is -4.67. The summed E-state index contributed by atoms with van der Waals surface area (Å²) in [6, 6.07) is 2.39. The fourth-order valence-corrected chi connectivity index (χ4v) is 0.733. The number of nitrogens with zero attached hydrogens (tertiary/aromatic N) is 1. The summed E-state index contributed by atoms with van der Waals surface area (Å²) in [7, 11) is 0. The van der Waals surface area contributed by atoms with Crippen molar-refractivity contribution in [2.75, 3.05) is 0 Å². The van der Waals surface area contributed by atoms with E-state index in [4.69, 9.17) is 0 Å². The summed E-state index contributed by atoms with van der Waals surface area (Å²) in [4.78, 5) is 23.9. The van der Waals surface area contributed by atoms with Gasteiger partial charge in [-0.25, -0.2) is 0 Å². The van der Waals surface area contributed by atoms with Crippen LogP contribution in [0.2, 0.25) is 0 Å². The molecule has 0 saturated carbocycles. The molecule has 1 aromatic heterocycles. The first-order valence-electron chi connectivity index (χ1n) is 3.00. The molecule has 0 radical (unpaired) electrons. The second-order valence-electron chi connectivity index (χ2n) is 1.97. The van der Waals surface area contributed by atoms with Crippen LogP contribution in [0.5, 0.6) is 0 Å². The summed E-state index contributed by atoms with van der Waals surface area (Å²) in [6.45, 7) is 0. The summed E-state index contributed by atoms with van der Waals surface area (Å²) < 4.78 is 0. The first-order valence-corrected chi connectivity index (χ1v) is 3.00. The zero-order valence-electron chi connectivity index (χ0n) is 7.63. The molecular formula is C7H9NO7Pt. The van der Waals surface area contributed by atoms with E-state index in [1.807, 2.05) is 0 Å². The number of hydrogen-bond donors (Lipinski definition) is 0. The van der Waals surface area contributed by atoms with Gasteiger partial charge in [0, 0.05) is 11.8 Å². The number of rotatable bonds is 2. The maximum Gasteiger partial charge on any atom is 2.00 e. The molecule has 1 aromatic rings. The van der Waals surface area contributed by atoms with Crippen LogP contribution in [0.4, 0.5) is 0 Å². The van der Waals surface area contributed by atoms with Crippen molar-refractivity contribution in [2.45, 2.75) is 0 Å². The van der Waals surface area contributed by atoms with Crippen LogP contribution in [0.3, 0.4) is 0 Å². The molecule has 0 aliphatic carbocycles. The maximum absolute atomic E-state index is 10.3. The minimum Gasteiger partial charge on any atom is -0.545 e. The molecule has 9 heteroatoms. The van der Waals surface area contributed by atoms with Gasteiger partial charge in [-0.15, -0.1) is 0 Å². The van der Waals surface area contributed by atoms with Crippen molar-refractivity contribution >= 4 is 11.9 Å². The SMILES string of the molecule is O.O.O.O=C([O-])c1cccnc1C(=O)[O-].[Pt+2]. The van der Waals surface area contributed by atoms with E-state index >= 15 is 0 Å². The van der Waals surface area contributed by atoms with Crippen LogP contribution in [0, 0.1) is 0 Å². The second-order valence-corrected chi connectivity index (χ2v) is 1.97. The molecule has 0 atom stereocenters. The van der Waals surface area contributed by atoms with Gasteiger partial charge in [-0.3, -0.25) is 4.98 Å². The summed E-state index contributed by atoms with van der Waals surface area (Å²) >= 11 is 0. The quantitative estimate of drug-likeness (QED) is 0.469. The molecule has 1 heterocycles. The zero-order chi connectivity index (χ0) is 9.14. The molecule has 94 valence electrons. The van der Waals surface area contributed by atoms with Gasteiger partial charge in [-0.1, -0.05) is 0 Å². The molecule has 0 aliphatic rings. The molecular weight excluding hydrogens is 405 g/mol. The van der Waals surface area contributed by atoms with E-state index in [9.17, 15) is 19.8 Å². The Balaban J connectivity index is -0.000000180. The number of carboxylic acids is 2. The van der Waals surface area contributed by atoms with Crippen molar-refractivity contribution in [1.82, 2.24) is 4.98 Å². The summed E-state index contributed by atoms with van der Waals surface area (Å²) in [5.74, 6) is -3.21. The summed E-state index contributed by atoms with van der Waals surface area (Å²) in [5, 5.41) is 20.5. The normalized spacial score (nSPS) is 7.00. The van der Waals surface area contributed by atoms with Gasteiger partial charge in [0.05, 0.1) is 17.6 Å². The number of aromatic nitrogens is 1. The van der Waals surface area contributed by atoms with Crippen LogP contribution in [-0.2, 0) is 21.1 Å². The molecule has 0 bridgehead atoms. The van der Waals surface area contributed by atoms with Crippen LogP contribution < -0.4 is 10.2 Å². The first kappa shape index (κ1) is 24.1. The molecule has 1 rings (SSSR count). The molecule has 0 amide bonds. The largest absolute Gasteiger partial charge is 2.00 e. The van der Waals surface area contributed by atoms with Crippen molar-refractivity contribution in [1.29, 1.82) is 0 Å². The predicted molar refractivity (Wildman–Crippen MR) is 43.7 cm³/mol. The summed E-state index contributed by atoms with van der Waals surface area (Å²) in [5.41, 5.74) is -1.09. The minimum atomic E-state index is -1.63. The molecule has 0 spiro atoms. The number of carbonyl (C=O) groups excluding carboxylic acids is 2. The van der Waals surface area contributed by atoms with Crippen LogP contribution >= 0.6 is 0 Å². The van der Waals surface area contributed by atoms with E-state index in [1.165, 1.54) is 6.07 Å². The standard InChI is InChI=1S/C7H5NO4.3H2O.Pt/c9-6(10)4-2-1-3-8-5(4)7(11)12;;;;/h1-3H,(H,9,10)(H,11,12);3*1H2;/q;;;;+2/p-2. The van der Waals surface area contributed by atoms with E-state index in [0.29, 0.717) is 0 Å². The smallest absolute Gasteiger partial charge is 0.545 e. The third-order valence-corrected chi connectivity index (χ3v) is 1.22. The van der Waals surface area contributed by atoms with Gasteiger partial charge in [-0.05, 0) is 12.1 Å². The molecule has 0 aromatic carbocycles. The third-order valence-electron chi connectivity index (χ3n) is 1.22. The molecule has 8 nitrogen and oxygen atoms in total. The number of carboxylic acid groups (broad SMARTS) is 2. The number of aromatic carboxylic acids is 2. The second kappa shape index (κ2) is 10.2. The molecule has 0 unspecified atom stereocenters. The number of hydrogen-bond acceptors (Lipinski definition) is 5. The van der Waals surface area contributed by atoms with Gasteiger partial charge in [-0.2, -0.15) is 0 Å². The monoisotopic (exact) mass is 414 g/mol. The van der Waals surface area contributed by atoms with Crippen LogP contribution in [0.15, 0.2) is 18.3 Å². The first-order chi connectivity index (χ1) is 5.63. The van der Waals surface area contributed by atoms with E-state index in [2.05, 4.69) is 4.98 Å². The van der Waals surface area contributed by atoms with E-state index < -0.39 is 23.2 Å². The number of pyridine rings is 1. The summed E-state index contributed by atoms with van der Waals surface area (Å²) in [6.07, 6.45) is 1.16. The molecule has 0 aliphatic heterocycles. The maximum atomic E-state index is 10.3. The van der Waals surface area contributed by atoms with Crippen molar-refractivity contribution in [2.24, 2.45) is 0 Å². The van der Waals surface area contributed by atoms with Gasteiger partial charge in [0.25, 0.3) is 0 Å².